The van der Waals surface area contributed by atoms with Crippen LogP contribution in [0.25, 0.3) is 11.0 Å². The predicted octanol–water partition coefficient (Wildman–Crippen LogP) is 2.02. The Balaban J connectivity index is 1.84. The molecule has 2 aromatic rings. The molecule has 4 nitrogen and oxygen atoms in total. The van der Waals surface area contributed by atoms with Crippen LogP contribution in [0.15, 0.2) is 66.7 Å². The van der Waals surface area contributed by atoms with Crippen LogP contribution in [0.1, 0.15) is 10.4 Å². The van der Waals surface area contributed by atoms with E-state index in [1.165, 1.54) is 18.0 Å². The van der Waals surface area contributed by atoms with Crippen molar-refractivity contribution in [3.8, 4) is 0 Å². The van der Waals surface area contributed by atoms with Crippen molar-refractivity contribution in [1.29, 1.82) is 0 Å². The zero-order chi connectivity index (χ0) is 16.9. The number of carboxylic acids is 1. The molecule has 0 saturated heterocycles. The number of aliphatic carboxylic acids is 1. The summed E-state index contributed by atoms with van der Waals surface area (Å²) in [5.41, 5.74) is 0.571. The first-order valence-corrected chi connectivity index (χ1v) is 8.18. The Morgan fingerprint density at radius 1 is 1.04 bits per heavy atom. The Morgan fingerprint density at radius 2 is 1.75 bits per heavy atom. The van der Waals surface area contributed by atoms with Gasteiger partial charge in [-0.05, 0) is 40.6 Å². The molecular formula is C19H15NO3S. The lowest BCUT2D eigenvalue weighted by atomic mass is 10.1. The molecule has 1 amide bonds. The summed E-state index contributed by atoms with van der Waals surface area (Å²) in [4.78, 5) is 24.4. The number of hydrogen-bond donors (Lipinski definition) is 1. The van der Waals surface area contributed by atoms with Gasteiger partial charge in [0.05, 0.1) is 6.54 Å². The molecule has 1 aliphatic rings. The third-order valence-corrected chi connectivity index (χ3v) is 4.57. The standard InChI is InChI=1S/C19H15NO3S/c21-18(22)11-6-12-20(19(23)14-7-2-1-3-8-14)24-17-13-15-9-4-5-10-16(15)17/h1-11,13H,12H2,(H,21,22). The van der Waals surface area contributed by atoms with Crippen molar-refractivity contribution in [3.63, 3.8) is 0 Å². The number of carbonyl (C=O) groups is 2. The van der Waals surface area contributed by atoms with Gasteiger partial charge in [-0.1, -0.05) is 48.5 Å². The van der Waals surface area contributed by atoms with E-state index >= 15 is 0 Å². The predicted molar refractivity (Wildman–Crippen MR) is 95.4 cm³/mol. The van der Waals surface area contributed by atoms with Crippen molar-refractivity contribution in [2.24, 2.45) is 0 Å². The zero-order valence-corrected chi connectivity index (χ0v) is 13.6. The molecule has 0 aromatic heterocycles. The Labute approximate surface area is 143 Å². The van der Waals surface area contributed by atoms with Gasteiger partial charge in [-0.2, -0.15) is 0 Å². The zero-order valence-electron chi connectivity index (χ0n) is 12.8. The van der Waals surface area contributed by atoms with Gasteiger partial charge in [-0.15, -0.1) is 0 Å². The number of benzene rings is 2. The fraction of sp³-hybridized carbons (Fsp3) is 0.0526. The fourth-order valence-corrected chi connectivity index (χ4v) is 3.37. The molecule has 120 valence electrons. The fourth-order valence-electron chi connectivity index (χ4n) is 2.32. The van der Waals surface area contributed by atoms with Gasteiger partial charge >= 0.3 is 5.97 Å². The molecule has 2 aromatic carbocycles. The van der Waals surface area contributed by atoms with E-state index in [0.717, 1.165) is 21.4 Å². The molecule has 0 spiro atoms. The summed E-state index contributed by atoms with van der Waals surface area (Å²) in [5, 5.41) is 11.0. The van der Waals surface area contributed by atoms with Gasteiger partial charge < -0.3 is 5.11 Å². The number of nitrogens with zero attached hydrogens (tertiary/aromatic N) is 1. The highest BCUT2D eigenvalue weighted by Crippen LogP contribution is 2.26. The molecule has 0 heterocycles. The number of carbonyl (C=O) groups excluding carboxylic acids is 1. The molecular weight excluding hydrogens is 322 g/mol. The second-order valence-electron chi connectivity index (χ2n) is 5.16. The summed E-state index contributed by atoms with van der Waals surface area (Å²) in [7, 11) is 0. The normalized spacial score (nSPS) is 12.2. The Morgan fingerprint density at radius 3 is 2.46 bits per heavy atom. The number of carboxylic acid groups (broad SMARTS) is 1. The smallest absolute Gasteiger partial charge is 0.328 e. The average Bonchev–Trinajstić information content (AvgIpc) is 2.58. The van der Waals surface area contributed by atoms with E-state index in [2.05, 4.69) is 0 Å². The number of rotatable bonds is 6. The van der Waals surface area contributed by atoms with Gasteiger partial charge in [0, 0.05) is 16.5 Å². The average molecular weight is 337 g/mol. The lowest BCUT2D eigenvalue weighted by molar-refractivity contribution is -0.131. The highest BCUT2D eigenvalue weighted by molar-refractivity contribution is 8.07. The van der Waals surface area contributed by atoms with Crippen LogP contribution in [0.4, 0.5) is 0 Å². The highest BCUT2D eigenvalue weighted by atomic mass is 32.2. The van der Waals surface area contributed by atoms with E-state index in [9.17, 15) is 9.59 Å². The van der Waals surface area contributed by atoms with Crippen LogP contribution < -0.4 is 10.4 Å². The second kappa shape index (κ2) is 7.19. The van der Waals surface area contributed by atoms with E-state index in [1.54, 1.807) is 28.6 Å². The van der Waals surface area contributed by atoms with E-state index in [1.807, 2.05) is 36.4 Å². The van der Waals surface area contributed by atoms with Crippen LogP contribution in [-0.4, -0.2) is 27.8 Å². The van der Waals surface area contributed by atoms with E-state index < -0.39 is 5.97 Å². The molecule has 3 rings (SSSR count). The monoisotopic (exact) mass is 337 g/mol. The third-order valence-electron chi connectivity index (χ3n) is 3.50. The molecule has 0 atom stereocenters. The number of fused-ring (bicyclic) bond motifs is 1. The Hall–Kier alpha value is -2.79. The lowest BCUT2D eigenvalue weighted by Gasteiger charge is -2.22. The van der Waals surface area contributed by atoms with Crippen LogP contribution in [0.3, 0.4) is 0 Å². The van der Waals surface area contributed by atoms with Gasteiger partial charge in [0.1, 0.15) is 0 Å². The molecule has 1 aliphatic carbocycles. The minimum Gasteiger partial charge on any atom is -0.478 e. The maximum absolute atomic E-state index is 12.7. The number of hydrogen-bond acceptors (Lipinski definition) is 3. The topological polar surface area (TPSA) is 57.6 Å². The molecule has 0 saturated carbocycles. The van der Waals surface area contributed by atoms with Gasteiger partial charge in [0.2, 0.25) is 0 Å². The van der Waals surface area contributed by atoms with E-state index in [-0.39, 0.29) is 12.5 Å². The first-order valence-electron chi connectivity index (χ1n) is 7.40. The van der Waals surface area contributed by atoms with Crippen molar-refractivity contribution < 1.29 is 14.7 Å². The molecule has 24 heavy (non-hydrogen) atoms. The van der Waals surface area contributed by atoms with E-state index in [4.69, 9.17) is 5.11 Å². The van der Waals surface area contributed by atoms with E-state index in [0.29, 0.717) is 5.56 Å². The lowest BCUT2D eigenvalue weighted by Crippen LogP contribution is -2.35. The van der Waals surface area contributed by atoms with Gasteiger partial charge in [-0.25, -0.2) is 4.79 Å². The summed E-state index contributed by atoms with van der Waals surface area (Å²) < 4.78 is 1.57. The van der Waals surface area contributed by atoms with Gasteiger partial charge in [-0.3, -0.25) is 9.10 Å². The summed E-state index contributed by atoms with van der Waals surface area (Å²) in [6.45, 7) is 0.213. The molecule has 5 heteroatoms. The quantitative estimate of drug-likeness (QED) is 0.647. The number of amides is 1. The SMILES string of the molecule is O=C(O)C=CCN(SC1=c2ccccc2=C1)C(=O)c1ccccc1. The summed E-state index contributed by atoms with van der Waals surface area (Å²) in [5.74, 6) is -1.18. The third kappa shape index (κ3) is 3.58. The highest BCUT2D eigenvalue weighted by Gasteiger charge is 2.18. The minimum atomic E-state index is -1.03. The summed E-state index contributed by atoms with van der Waals surface area (Å²) in [6, 6.07) is 16.9. The van der Waals surface area contributed by atoms with Crippen molar-refractivity contribution in [2.45, 2.75) is 0 Å². The molecule has 0 unspecified atom stereocenters. The molecule has 1 N–H and O–H groups in total. The van der Waals surface area contributed by atoms with Crippen molar-refractivity contribution in [2.75, 3.05) is 6.54 Å². The van der Waals surface area contributed by atoms with Crippen LogP contribution in [0.5, 0.6) is 0 Å². The Kier molecular flexibility index (Phi) is 4.82. The van der Waals surface area contributed by atoms with Crippen LogP contribution in [-0.2, 0) is 4.79 Å². The van der Waals surface area contributed by atoms with Gasteiger partial charge in [0.15, 0.2) is 0 Å². The van der Waals surface area contributed by atoms with Gasteiger partial charge in [0.25, 0.3) is 5.91 Å². The molecule has 0 bridgehead atoms. The van der Waals surface area contributed by atoms with Crippen LogP contribution in [0.2, 0.25) is 0 Å². The molecule has 0 aliphatic heterocycles. The molecule has 0 radical (unpaired) electrons. The van der Waals surface area contributed by atoms with Crippen LogP contribution >= 0.6 is 11.9 Å². The first kappa shape index (κ1) is 16.1. The van der Waals surface area contributed by atoms with Crippen molar-refractivity contribution in [3.05, 3.63) is 82.8 Å². The summed E-state index contributed by atoms with van der Waals surface area (Å²) >= 11 is 1.33. The van der Waals surface area contributed by atoms with Crippen molar-refractivity contribution >= 4 is 34.8 Å². The minimum absolute atomic E-state index is 0.152. The maximum atomic E-state index is 12.7. The first-order chi connectivity index (χ1) is 11.6. The second-order valence-corrected chi connectivity index (χ2v) is 6.22. The summed E-state index contributed by atoms with van der Waals surface area (Å²) in [6.07, 6.45) is 4.54. The Bertz CT molecular complexity index is 919. The van der Waals surface area contributed by atoms with Crippen molar-refractivity contribution in [1.82, 2.24) is 4.31 Å². The molecule has 0 fully saturated rings. The largest absolute Gasteiger partial charge is 0.478 e. The van der Waals surface area contributed by atoms with Crippen LogP contribution in [0, 0.1) is 0 Å². The maximum Gasteiger partial charge on any atom is 0.328 e.